The molecule has 10 heavy (non-hydrogen) atoms. The van der Waals surface area contributed by atoms with E-state index in [1.807, 2.05) is 32.8 Å². The molecule has 0 spiro atoms. The van der Waals surface area contributed by atoms with Crippen molar-refractivity contribution in [1.82, 2.24) is 4.90 Å². The topological polar surface area (TPSA) is 3.24 Å². The average Bonchev–Trinajstić information content (AvgIpc) is 1.58. The molecule has 0 aliphatic carbocycles. The van der Waals surface area contributed by atoms with Gasteiger partial charge in [0.1, 0.15) is 6.17 Å². The second kappa shape index (κ2) is 4.67. The highest BCUT2D eigenvalue weighted by atomic mass is 19.1. The van der Waals surface area contributed by atoms with Gasteiger partial charge in [0.05, 0.1) is 0 Å². The van der Waals surface area contributed by atoms with Crippen molar-refractivity contribution < 1.29 is 4.39 Å². The van der Waals surface area contributed by atoms with E-state index in [0.717, 1.165) is 0 Å². The Hall–Kier alpha value is -0.110. The summed E-state index contributed by atoms with van der Waals surface area (Å²) in [5, 5.41) is 0. The third-order valence-electron chi connectivity index (χ3n) is 1.29. The van der Waals surface area contributed by atoms with Crippen molar-refractivity contribution in [2.24, 2.45) is 5.92 Å². The Bertz CT molecular complexity index is 71.3. The number of hydrogen-bond acceptors (Lipinski definition) is 1. The lowest BCUT2D eigenvalue weighted by Gasteiger charge is -2.15. The predicted octanol–water partition coefficient (Wildman–Crippen LogP) is 1.93. The third kappa shape index (κ3) is 6.02. The van der Waals surface area contributed by atoms with Crippen LogP contribution in [0.5, 0.6) is 0 Å². The molecule has 1 unspecified atom stereocenters. The van der Waals surface area contributed by atoms with E-state index in [2.05, 4.69) is 0 Å². The summed E-state index contributed by atoms with van der Waals surface area (Å²) in [5.74, 6) is 0.468. The van der Waals surface area contributed by atoms with Gasteiger partial charge < -0.3 is 4.90 Å². The minimum atomic E-state index is -0.657. The number of rotatable bonds is 4. The maximum atomic E-state index is 12.9. The van der Waals surface area contributed by atoms with Crippen molar-refractivity contribution in [3.8, 4) is 0 Å². The van der Waals surface area contributed by atoms with E-state index in [-0.39, 0.29) is 0 Å². The first kappa shape index (κ1) is 9.89. The van der Waals surface area contributed by atoms with Crippen LogP contribution in [0.15, 0.2) is 0 Å². The van der Waals surface area contributed by atoms with Crippen molar-refractivity contribution in [1.29, 1.82) is 0 Å². The van der Waals surface area contributed by atoms with E-state index < -0.39 is 6.17 Å². The van der Waals surface area contributed by atoms with Crippen LogP contribution in [0.3, 0.4) is 0 Å². The molecule has 0 saturated carbocycles. The highest BCUT2D eigenvalue weighted by Gasteiger charge is 2.08. The fraction of sp³-hybridized carbons (Fsp3) is 1.00. The van der Waals surface area contributed by atoms with Gasteiger partial charge in [-0.1, -0.05) is 13.8 Å². The lowest BCUT2D eigenvalue weighted by atomic mass is 10.1. The second-order valence-corrected chi connectivity index (χ2v) is 3.49. The van der Waals surface area contributed by atoms with Gasteiger partial charge >= 0.3 is 0 Å². The van der Waals surface area contributed by atoms with Gasteiger partial charge in [-0.15, -0.1) is 0 Å². The summed E-state index contributed by atoms with van der Waals surface area (Å²) in [6.45, 7) is 4.64. The molecule has 0 aromatic carbocycles. The average molecular weight is 147 g/mol. The van der Waals surface area contributed by atoms with E-state index >= 15 is 0 Å². The van der Waals surface area contributed by atoms with Gasteiger partial charge in [-0.25, -0.2) is 4.39 Å². The molecule has 0 bridgehead atoms. The Kier molecular flexibility index (Phi) is 4.62. The van der Waals surface area contributed by atoms with Crippen LogP contribution in [0.4, 0.5) is 4.39 Å². The standard InChI is InChI=1S/C8H18FN/c1-7(2)5-8(9)6-10(3)4/h7-8H,5-6H2,1-4H3. The molecule has 0 aromatic heterocycles. The highest BCUT2D eigenvalue weighted by Crippen LogP contribution is 2.07. The van der Waals surface area contributed by atoms with E-state index in [0.29, 0.717) is 18.9 Å². The maximum absolute atomic E-state index is 12.9. The summed E-state index contributed by atoms with van der Waals surface area (Å²) < 4.78 is 12.9. The van der Waals surface area contributed by atoms with Gasteiger partial charge in [-0.3, -0.25) is 0 Å². The fourth-order valence-electron chi connectivity index (χ4n) is 0.982. The molecule has 0 saturated heterocycles. The molecule has 0 heterocycles. The fourth-order valence-corrected chi connectivity index (χ4v) is 0.982. The minimum Gasteiger partial charge on any atom is -0.307 e. The van der Waals surface area contributed by atoms with Crippen LogP contribution in [0.1, 0.15) is 20.3 Å². The van der Waals surface area contributed by atoms with Crippen molar-refractivity contribution >= 4 is 0 Å². The van der Waals surface area contributed by atoms with Gasteiger partial charge in [-0.2, -0.15) is 0 Å². The first-order valence-corrected chi connectivity index (χ1v) is 3.81. The molecule has 0 aliphatic rings. The van der Waals surface area contributed by atoms with E-state index in [1.54, 1.807) is 0 Å². The van der Waals surface area contributed by atoms with Crippen LogP contribution in [-0.2, 0) is 0 Å². The molecule has 1 atom stereocenters. The zero-order chi connectivity index (χ0) is 8.15. The van der Waals surface area contributed by atoms with Crippen LogP contribution < -0.4 is 0 Å². The molecule has 0 aliphatic heterocycles. The molecule has 0 radical (unpaired) electrons. The first-order valence-electron chi connectivity index (χ1n) is 3.81. The Morgan fingerprint density at radius 2 is 1.80 bits per heavy atom. The van der Waals surface area contributed by atoms with Gasteiger partial charge in [-0.05, 0) is 26.4 Å². The Labute approximate surface area is 63.2 Å². The van der Waals surface area contributed by atoms with E-state index in [4.69, 9.17) is 0 Å². The SMILES string of the molecule is CC(C)CC(F)CN(C)C. The molecule has 0 rings (SSSR count). The molecule has 0 N–H and O–H groups in total. The molecule has 1 nitrogen and oxygen atoms in total. The molecule has 0 fully saturated rings. The van der Waals surface area contributed by atoms with Crippen LogP contribution >= 0.6 is 0 Å². The van der Waals surface area contributed by atoms with Crippen molar-refractivity contribution in [3.05, 3.63) is 0 Å². The summed E-state index contributed by atoms with van der Waals surface area (Å²) in [5.41, 5.74) is 0. The third-order valence-corrected chi connectivity index (χ3v) is 1.29. The number of alkyl halides is 1. The largest absolute Gasteiger partial charge is 0.307 e. The zero-order valence-electron chi connectivity index (χ0n) is 7.39. The molecule has 2 heteroatoms. The summed E-state index contributed by atoms with van der Waals surface area (Å²) in [7, 11) is 3.79. The first-order chi connectivity index (χ1) is 4.52. The Morgan fingerprint density at radius 1 is 1.30 bits per heavy atom. The molecular weight excluding hydrogens is 129 g/mol. The van der Waals surface area contributed by atoms with Crippen molar-refractivity contribution in [2.45, 2.75) is 26.4 Å². The van der Waals surface area contributed by atoms with Gasteiger partial charge in [0.2, 0.25) is 0 Å². The summed E-state index contributed by atoms with van der Waals surface area (Å²) in [6, 6.07) is 0. The summed E-state index contributed by atoms with van der Waals surface area (Å²) >= 11 is 0. The Morgan fingerprint density at radius 3 is 2.10 bits per heavy atom. The monoisotopic (exact) mass is 147 g/mol. The predicted molar refractivity (Wildman–Crippen MR) is 42.9 cm³/mol. The molecular formula is C8H18FN. The number of nitrogens with zero attached hydrogens (tertiary/aromatic N) is 1. The molecule has 0 amide bonds. The lowest BCUT2D eigenvalue weighted by molar-refractivity contribution is 0.217. The summed E-state index contributed by atoms with van der Waals surface area (Å²) in [4.78, 5) is 1.88. The maximum Gasteiger partial charge on any atom is 0.113 e. The minimum absolute atomic E-state index is 0.468. The highest BCUT2D eigenvalue weighted by molar-refractivity contribution is 4.61. The molecule has 0 aromatic rings. The van der Waals surface area contributed by atoms with Gasteiger partial charge in [0.25, 0.3) is 0 Å². The van der Waals surface area contributed by atoms with Crippen LogP contribution in [-0.4, -0.2) is 31.7 Å². The van der Waals surface area contributed by atoms with Crippen LogP contribution in [0.25, 0.3) is 0 Å². The normalized spacial score (nSPS) is 14.7. The van der Waals surface area contributed by atoms with Gasteiger partial charge in [0, 0.05) is 6.54 Å². The quantitative estimate of drug-likeness (QED) is 0.587. The van der Waals surface area contributed by atoms with E-state index in [1.165, 1.54) is 0 Å². The van der Waals surface area contributed by atoms with Crippen LogP contribution in [0.2, 0.25) is 0 Å². The molecule has 62 valence electrons. The number of hydrogen-bond donors (Lipinski definition) is 0. The lowest BCUT2D eigenvalue weighted by Crippen LogP contribution is -2.23. The van der Waals surface area contributed by atoms with Crippen LogP contribution in [0, 0.1) is 5.92 Å². The van der Waals surface area contributed by atoms with E-state index in [9.17, 15) is 4.39 Å². The summed E-state index contributed by atoms with van der Waals surface area (Å²) in [6.07, 6.45) is 0.0213. The zero-order valence-corrected chi connectivity index (χ0v) is 7.39. The van der Waals surface area contributed by atoms with Crippen molar-refractivity contribution in [2.75, 3.05) is 20.6 Å². The van der Waals surface area contributed by atoms with Gasteiger partial charge in [0.15, 0.2) is 0 Å². The number of halogens is 1. The van der Waals surface area contributed by atoms with Crippen molar-refractivity contribution in [3.63, 3.8) is 0 Å². The smallest absolute Gasteiger partial charge is 0.113 e. The Balaban J connectivity index is 3.34. The second-order valence-electron chi connectivity index (χ2n) is 3.49.